The molecule has 0 aliphatic heterocycles. The molecule has 2 nitrogen and oxygen atoms in total. The summed E-state index contributed by atoms with van der Waals surface area (Å²) in [6, 6.07) is 30.5. The molecular weight excluding hydrogens is 314 g/mol. The van der Waals surface area contributed by atoms with Crippen molar-refractivity contribution in [3.05, 3.63) is 102 Å². The third-order valence-corrected chi connectivity index (χ3v) is 5.07. The molecule has 1 atom stereocenters. The summed E-state index contributed by atoms with van der Waals surface area (Å²) >= 11 is 1.79. The number of benzene rings is 3. The first-order valence-electron chi connectivity index (χ1n) is 7.90. The van der Waals surface area contributed by atoms with Crippen LogP contribution in [0.4, 0.5) is 0 Å². The van der Waals surface area contributed by atoms with E-state index >= 15 is 0 Å². The smallest absolute Gasteiger partial charge is 0.0882 e. The van der Waals surface area contributed by atoms with Crippen molar-refractivity contribution in [2.45, 2.75) is 16.6 Å². The van der Waals surface area contributed by atoms with Crippen molar-refractivity contribution >= 4 is 17.5 Å². The fraction of sp³-hybridized carbons (Fsp3) is 0.0952. The minimum atomic E-state index is 0.180. The molecule has 0 saturated heterocycles. The van der Waals surface area contributed by atoms with Gasteiger partial charge in [0.2, 0.25) is 0 Å². The van der Waals surface area contributed by atoms with E-state index in [1.165, 1.54) is 10.5 Å². The second kappa shape index (κ2) is 8.37. The van der Waals surface area contributed by atoms with Crippen LogP contribution in [0.15, 0.2) is 101 Å². The van der Waals surface area contributed by atoms with Crippen LogP contribution in [0.5, 0.6) is 0 Å². The fourth-order valence-electron chi connectivity index (χ4n) is 2.58. The van der Waals surface area contributed by atoms with Crippen LogP contribution in [0.1, 0.15) is 22.8 Å². The van der Waals surface area contributed by atoms with Crippen molar-refractivity contribution in [2.24, 2.45) is 5.16 Å². The lowest BCUT2D eigenvalue weighted by molar-refractivity contribution is 0.318. The van der Waals surface area contributed by atoms with Crippen LogP contribution in [0.2, 0.25) is 0 Å². The normalized spacial score (nSPS) is 12.8. The molecule has 0 unspecified atom stereocenters. The SMILES string of the molecule is O/N=C(/C[C@@H](Sc1ccccc1)c1ccccc1)c1ccccc1. The Balaban J connectivity index is 1.87. The van der Waals surface area contributed by atoms with Crippen molar-refractivity contribution in [2.75, 3.05) is 0 Å². The summed E-state index contributed by atoms with van der Waals surface area (Å²) in [7, 11) is 0. The average Bonchev–Trinajstić information content (AvgIpc) is 2.67. The molecule has 0 radical (unpaired) electrons. The molecule has 0 aliphatic rings. The summed E-state index contributed by atoms with van der Waals surface area (Å²) in [6.07, 6.45) is 0.657. The van der Waals surface area contributed by atoms with E-state index in [9.17, 15) is 5.21 Å². The maximum absolute atomic E-state index is 9.52. The highest BCUT2D eigenvalue weighted by molar-refractivity contribution is 7.99. The predicted octanol–water partition coefficient (Wildman–Crippen LogP) is 5.79. The van der Waals surface area contributed by atoms with Gasteiger partial charge in [0.25, 0.3) is 0 Å². The quantitative estimate of drug-likeness (QED) is 0.268. The van der Waals surface area contributed by atoms with Gasteiger partial charge >= 0.3 is 0 Å². The maximum atomic E-state index is 9.52. The molecule has 3 heteroatoms. The van der Waals surface area contributed by atoms with E-state index in [1.807, 2.05) is 66.7 Å². The summed E-state index contributed by atoms with van der Waals surface area (Å²) in [5.74, 6) is 0. The second-order valence-electron chi connectivity index (χ2n) is 5.45. The molecule has 3 aromatic carbocycles. The van der Waals surface area contributed by atoms with Crippen LogP contribution in [0.25, 0.3) is 0 Å². The molecule has 0 aromatic heterocycles. The number of oxime groups is 1. The van der Waals surface area contributed by atoms with Gasteiger partial charge in [-0.1, -0.05) is 84.0 Å². The van der Waals surface area contributed by atoms with Crippen LogP contribution in [0, 0.1) is 0 Å². The van der Waals surface area contributed by atoms with E-state index < -0.39 is 0 Å². The molecule has 3 rings (SSSR count). The van der Waals surface area contributed by atoms with Gasteiger partial charge in [0.15, 0.2) is 0 Å². The topological polar surface area (TPSA) is 32.6 Å². The summed E-state index contributed by atoms with van der Waals surface area (Å²) in [4.78, 5) is 1.21. The van der Waals surface area contributed by atoms with Gasteiger partial charge in [-0.15, -0.1) is 11.8 Å². The average molecular weight is 333 g/mol. The van der Waals surface area contributed by atoms with Gasteiger partial charge < -0.3 is 5.21 Å². The van der Waals surface area contributed by atoms with Crippen LogP contribution in [-0.2, 0) is 0 Å². The first kappa shape index (κ1) is 16.3. The summed E-state index contributed by atoms with van der Waals surface area (Å²) < 4.78 is 0. The van der Waals surface area contributed by atoms with Gasteiger partial charge in [0.1, 0.15) is 0 Å². The van der Waals surface area contributed by atoms with Gasteiger partial charge in [0, 0.05) is 16.6 Å². The first-order chi connectivity index (χ1) is 11.9. The van der Waals surface area contributed by atoms with E-state index in [4.69, 9.17) is 0 Å². The highest BCUT2D eigenvalue weighted by atomic mass is 32.2. The van der Waals surface area contributed by atoms with Crippen molar-refractivity contribution in [1.29, 1.82) is 0 Å². The number of thioether (sulfide) groups is 1. The van der Waals surface area contributed by atoms with E-state index in [2.05, 4.69) is 29.4 Å². The molecule has 24 heavy (non-hydrogen) atoms. The van der Waals surface area contributed by atoms with Gasteiger partial charge in [-0.25, -0.2) is 0 Å². The molecule has 0 saturated carbocycles. The number of nitrogens with zero attached hydrogens (tertiary/aromatic N) is 1. The van der Waals surface area contributed by atoms with Crippen molar-refractivity contribution < 1.29 is 5.21 Å². The van der Waals surface area contributed by atoms with Gasteiger partial charge in [-0.05, 0) is 23.3 Å². The van der Waals surface area contributed by atoms with E-state index in [0.717, 1.165) is 5.56 Å². The molecule has 0 amide bonds. The number of rotatable bonds is 6. The second-order valence-corrected chi connectivity index (χ2v) is 6.72. The Kier molecular flexibility index (Phi) is 5.70. The third kappa shape index (κ3) is 4.27. The fourth-order valence-corrected chi connectivity index (χ4v) is 3.76. The van der Waals surface area contributed by atoms with Crippen molar-refractivity contribution in [1.82, 2.24) is 0 Å². The van der Waals surface area contributed by atoms with Crippen molar-refractivity contribution in [3.8, 4) is 0 Å². The lowest BCUT2D eigenvalue weighted by atomic mass is 10.0. The number of hydrogen-bond donors (Lipinski definition) is 1. The summed E-state index contributed by atoms with van der Waals surface area (Å²) in [5, 5.41) is 13.3. The Hall–Kier alpha value is -2.52. The van der Waals surface area contributed by atoms with Crippen LogP contribution >= 0.6 is 11.8 Å². The molecule has 0 spiro atoms. The lowest BCUT2D eigenvalue weighted by Gasteiger charge is -2.18. The van der Waals surface area contributed by atoms with Crippen molar-refractivity contribution in [3.63, 3.8) is 0 Å². The summed E-state index contributed by atoms with van der Waals surface area (Å²) in [6.45, 7) is 0. The zero-order valence-electron chi connectivity index (χ0n) is 13.2. The predicted molar refractivity (Wildman–Crippen MR) is 101 cm³/mol. The van der Waals surface area contributed by atoms with E-state index in [-0.39, 0.29) is 5.25 Å². The molecule has 0 bridgehead atoms. The number of hydrogen-bond acceptors (Lipinski definition) is 3. The monoisotopic (exact) mass is 333 g/mol. The highest BCUT2D eigenvalue weighted by Gasteiger charge is 2.17. The minimum absolute atomic E-state index is 0.180. The maximum Gasteiger partial charge on any atom is 0.0882 e. The zero-order valence-corrected chi connectivity index (χ0v) is 14.1. The molecule has 0 fully saturated rings. The van der Waals surface area contributed by atoms with Crippen LogP contribution in [-0.4, -0.2) is 10.9 Å². The highest BCUT2D eigenvalue weighted by Crippen LogP contribution is 2.38. The van der Waals surface area contributed by atoms with Gasteiger partial charge in [-0.2, -0.15) is 0 Å². The minimum Gasteiger partial charge on any atom is -0.411 e. The molecule has 0 heterocycles. The molecule has 3 aromatic rings. The first-order valence-corrected chi connectivity index (χ1v) is 8.78. The van der Waals surface area contributed by atoms with Crippen LogP contribution < -0.4 is 0 Å². The Morgan fingerprint density at radius 2 is 1.33 bits per heavy atom. The summed E-state index contributed by atoms with van der Waals surface area (Å²) in [5.41, 5.74) is 2.88. The Morgan fingerprint density at radius 1 is 0.792 bits per heavy atom. The zero-order chi connectivity index (χ0) is 16.6. The Bertz CT molecular complexity index is 773. The van der Waals surface area contributed by atoms with E-state index in [1.54, 1.807) is 11.8 Å². The standard InChI is InChI=1S/C21H19NOS/c23-22-20(17-10-4-1-5-11-17)16-21(18-12-6-2-7-13-18)24-19-14-8-3-9-15-19/h1-15,21,23H,16H2/b22-20-/t21-/m1/s1. The Morgan fingerprint density at radius 3 is 1.92 bits per heavy atom. The van der Waals surface area contributed by atoms with Crippen LogP contribution in [0.3, 0.4) is 0 Å². The lowest BCUT2D eigenvalue weighted by Crippen LogP contribution is -2.07. The molecule has 0 aliphatic carbocycles. The van der Waals surface area contributed by atoms with Gasteiger partial charge in [0.05, 0.1) is 5.71 Å². The molecule has 120 valence electrons. The van der Waals surface area contributed by atoms with E-state index in [0.29, 0.717) is 12.1 Å². The Labute approximate surface area is 146 Å². The largest absolute Gasteiger partial charge is 0.411 e. The van der Waals surface area contributed by atoms with Gasteiger partial charge in [-0.3, -0.25) is 0 Å². The third-order valence-electron chi connectivity index (χ3n) is 3.80. The molecular formula is C21H19NOS. The molecule has 1 N–H and O–H groups in total.